The van der Waals surface area contributed by atoms with E-state index in [1.165, 1.54) is 24.8 Å². The summed E-state index contributed by atoms with van der Waals surface area (Å²) in [6, 6.07) is 5.03. The lowest BCUT2D eigenvalue weighted by atomic mass is 9.97. The predicted octanol–water partition coefficient (Wildman–Crippen LogP) is 2.09. The average Bonchev–Trinajstić information content (AvgIpc) is 2.32. The van der Waals surface area contributed by atoms with Crippen molar-refractivity contribution in [3.05, 3.63) is 29.6 Å². The van der Waals surface area contributed by atoms with Crippen molar-refractivity contribution in [1.82, 2.24) is 9.88 Å². The molecule has 0 bridgehead atoms. The molecule has 2 unspecified atom stereocenters. The van der Waals surface area contributed by atoms with Crippen molar-refractivity contribution in [2.45, 2.75) is 51.7 Å². The highest BCUT2D eigenvalue weighted by Gasteiger charge is 2.25. The number of rotatable bonds is 3. The summed E-state index contributed by atoms with van der Waals surface area (Å²) in [6.07, 6.45) is 5.77. The van der Waals surface area contributed by atoms with E-state index in [1.807, 2.05) is 6.20 Å². The topological polar surface area (TPSA) is 42.1 Å². The van der Waals surface area contributed by atoms with Gasteiger partial charge in [-0.25, -0.2) is 0 Å². The highest BCUT2D eigenvalue weighted by molar-refractivity contribution is 5.12. The summed E-state index contributed by atoms with van der Waals surface area (Å²) in [5.74, 6) is 0. The van der Waals surface area contributed by atoms with E-state index in [0.717, 1.165) is 18.8 Å². The number of nitrogens with zero attached hydrogens (tertiary/aromatic N) is 2. The van der Waals surface area contributed by atoms with Crippen molar-refractivity contribution in [1.29, 1.82) is 0 Å². The minimum absolute atomic E-state index is 0.251. The van der Waals surface area contributed by atoms with Gasteiger partial charge in [-0.05, 0) is 44.9 Å². The third-order valence-electron chi connectivity index (χ3n) is 3.61. The molecule has 2 atom stereocenters. The van der Waals surface area contributed by atoms with Crippen molar-refractivity contribution < 1.29 is 0 Å². The summed E-state index contributed by atoms with van der Waals surface area (Å²) in [5, 5.41) is 0. The Balaban J connectivity index is 2.02. The summed E-state index contributed by atoms with van der Waals surface area (Å²) in [4.78, 5) is 6.98. The van der Waals surface area contributed by atoms with Crippen molar-refractivity contribution in [3.8, 4) is 0 Å². The zero-order valence-electron chi connectivity index (χ0n) is 10.9. The molecule has 1 fully saturated rings. The fourth-order valence-electron chi connectivity index (χ4n) is 2.61. The molecule has 0 spiro atoms. The summed E-state index contributed by atoms with van der Waals surface area (Å²) >= 11 is 0. The number of nitrogens with two attached hydrogens (primary N) is 1. The second-order valence-corrected chi connectivity index (χ2v) is 5.22. The Morgan fingerprint density at radius 1 is 1.47 bits per heavy atom. The molecule has 1 aliphatic rings. The first-order valence-electron chi connectivity index (χ1n) is 6.58. The molecule has 94 valence electrons. The Morgan fingerprint density at radius 3 is 2.94 bits per heavy atom. The van der Waals surface area contributed by atoms with Gasteiger partial charge in [-0.3, -0.25) is 9.88 Å². The van der Waals surface area contributed by atoms with Crippen LogP contribution in [0.3, 0.4) is 0 Å². The van der Waals surface area contributed by atoms with Crippen LogP contribution in [0.4, 0.5) is 0 Å². The first-order valence-corrected chi connectivity index (χ1v) is 6.58. The summed E-state index contributed by atoms with van der Waals surface area (Å²) in [6.45, 7) is 6.28. The van der Waals surface area contributed by atoms with E-state index in [0.29, 0.717) is 6.04 Å². The number of pyridine rings is 1. The van der Waals surface area contributed by atoms with Gasteiger partial charge in [0.15, 0.2) is 0 Å². The third-order valence-corrected chi connectivity index (χ3v) is 3.61. The largest absolute Gasteiger partial charge is 0.327 e. The maximum atomic E-state index is 6.07. The van der Waals surface area contributed by atoms with Crippen molar-refractivity contribution in [2.75, 3.05) is 6.54 Å². The van der Waals surface area contributed by atoms with Gasteiger partial charge in [0.2, 0.25) is 0 Å². The van der Waals surface area contributed by atoms with Crippen LogP contribution in [-0.2, 0) is 6.54 Å². The monoisotopic (exact) mass is 233 g/mol. The van der Waals surface area contributed by atoms with E-state index in [9.17, 15) is 0 Å². The molecule has 1 aromatic heterocycles. The Labute approximate surface area is 104 Å². The van der Waals surface area contributed by atoms with Gasteiger partial charge in [-0.1, -0.05) is 12.5 Å². The van der Waals surface area contributed by atoms with Crippen molar-refractivity contribution in [2.24, 2.45) is 5.73 Å². The second-order valence-electron chi connectivity index (χ2n) is 5.22. The van der Waals surface area contributed by atoms with Gasteiger partial charge in [-0.2, -0.15) is 0 Å². The molecule has 2 rings (SSSR count). The van der Waals surface area contributed by atoms with Crippen molar-refractivity contribution in [3.63, 3.8) is 0 Å². The molecular formula is C14H23N3. The minimum Gasteiger partial charge on any atom is -0.327 e. The van der Waals surface area contributed by atoms with Crippen LogP contribution in [0.25, 0.3) is 0 Å². The average molecular weight is 233 g/mol. The number of aromatic nitrogens is 1. The van der Waals surface area contributed by atoms with Gasteiger partial charge in [0, 0.05) is 24.8 Å². The first kappa shape index (κ1) is 12.5. The molecular weight excluding hydrogens is 210 g/mol. The molecule has 17 heavy (non-hydrogen) atoms. The predicted molar refractivity (Wildman–Crippen MR) is 70.7 cm³/mol. The summed E-state index contributed by atoms with van der Waals surface area (Å²) in [5.41, 5.74) is 8.45. The lowest BCUT2D eigenvalue weighted by molar-refractivity contribution is 0.121. The van der Waals surface area contributed by atoms with Gasteiger partial charge < -0.3 is 5.73 Å². The number of hydrogen-bond donors (Lipinski definition) is 1. The van der Waals surface area contributed by atoms with Crippen LogP contribution in [0.2, 0.25) is 0 Å². The maximum Gasteiger partial charge on any atom is 0.0544 e. The molecule has 3 nitrogen and oxygen atoms in total. The Morgan fingerprint density at radius 2 is 2.29 bits per heavy atom. The van der Waals surface area contributed by atoms with Crippen LogP contribution < -0.4 is 5.73 Å². The van der Waals surface area contributed by atoms with E-state index in [-0.39, 0.29) is 6.04 Å². The first-order chi connectivity index (χ1) is 8.16. The van der Waals surface area contributed by atoms with Crippen LogP contribution >= 0.6 is 0 Å². The number of hydrogen-bond acceptors (Lipinski definition) is 3. The Hall–Kier alpha value is -0.930. The van der Waals surface area contributed by atoms with Crippen LogP contribution in [0.15, 0.2) is 18.3 Å². The molecule has 3 heteroatoms. The molecule has 2 heterocycles. The van der Waals surface area contributed by atoms with Gasteiger partial charge in [0.1, 0.15) is 0 Å². The molecule has 1 aromatic rings. The summed E-state index contributed by atoms with van der Waals surface area (Å²) < 4.78 is 0. The van der Waals surface area contributed by atoms with Crippen molar-refractivity contribution >= 4 is 0 Å². The fourth-order valence-corrected chi connectivity index (χ4v) is 2.61. The maximum absolute atomic E-state index is 6.07. The molecule has 1 aliphatic heterocycles. The minimum atomic E-state index is 0.251. The van der Waals surface area contributed by atoms with Gasteiger partial charge in [0.05, 0.1) is 5.69 Å². The van der Waals surface area contributed by atoms with Gasteiger partial charge in [-0.15, -0.1) is 0 Å². The Bertz CT molecular complexity index is 345. The van der Waals surface area contributed by atoms with Gasteiger partial charge >= 0.3 is 0 Å². The molecule has 1 saturated heterocycles. The third kappa shape index (κ3) is 3.27. The number of aryl methyl sites for hydroxylation is 1. The zero-order chi connectivity index (χ0) is 12.3. The second kappa shape index (κ2) is 5.61. The van der Waals surface area contributed by atoms with Crippen LogP contribution in [0.5, 0.6) is 0 Å². The molecule has 0 aromatic carbocycles. The van der Waals surface area contributed by atoms with Crippen LogP contribution in [0.1, 0.15) is 37.4 Å². The number of likely N-dealkylation sites (tertiary alicyclic amines) is 1. The molecule has 0 amide bonds. The smallest absolute Gasteiger partial charge is 0.0544 e. The van der Waals surface area contributed by atoms with Gasteiger partial charge in [0.25, 0.3) is 0 Å². The molecule has 0 aliphatic carbocycles. The highest BCUT2D eigenvalue weighted by atomic mass is 15.2. The van der Waals surface area contributed by atoms with E-state index < -0.39 is 0 Å². The normalized spacial score (nSPS) is 23.6. The zero-order valence-corrected chi connectivity index (χ0v) is 10.9. The molecule has 0 radical (unpaired) electrons. The van der Waals surface area contributed by atoms with Crippen LogP contribution in [0, 0.1) is 6.92 Å². The van der Waals surface area contributed by atoms with E-state index in [1.54, 1.807) is 0 Å². The summed E-state index contributed by atoms with van der Waals surface area (Å²) in [7, 11) is 0. The number of piperidine rings is 1. The highest BCUT2D eigenvalue weighted by Crippen LogP contribution is 2.20. The molecule has 0 saturated carbocycles. The van der Waals surface area contributed by atoms with E-state index >= 15 is 0 Å². The van der Waals surface area contributed by atoms with Crippen LogP contribution in [-0.4, -0.2) is 28.5 Å². The quantitative estimate of drug-likeness (QED) is 0.869. The van der Waals surface area contributed by atoms with E-state index in [4.69, 9.17) is 5.73 Å². The molecule has 2 N–H and O–H groups in total. The SMILES string of the molecule is Cc1ccc(CN2CCCCC2C(C)N)nc1. The lowest BCUT2D eigenvalue weighted by Crippen LogP contribution is -2.48. The Kier molecular flexibility index (Phi) is 4.13. The van der Waals surface area contributed by atoms with E-state index in [2.05, 4.69) is 35.9 Å². The standard InChI is InChI=1S/C14H23N3/c1-11-6-7-13(16-9-11)10-17-8-4-3-5-14(17)12(2)15/h6-7,9,12,14H,3-5,8,10,15H2,1-2H3. The lowest BCUT2D eigenvalue weighted by Gasteiger charge is -2.37. The fraction of sp³-hybridized carbons (Fsp3) is 0.643.